The second-order valence-corrected chi connectivity index (χ2v) is 11.3. The maximum Gasteiger partial charge on any atom is 0.254 e. The lowest BCUT2D eigenvalue weighted by molar-refractivity contribution is 0.0952. The van der Waals surface area contributed by atoms with E-state index in [1.807, 2.05) is 36.3 Å². The van der Waals surface area contributed by atoms with Gasteiger partial charge in [0.05, 0.1) is 5.56 Å². The van der Waals surface area contributed by atoms with E-state index < -0.39 is 0 Å². The van der Waals surface area contributed by atoms with Crippen molar-refractivity contribution in [2.75, 3.05) is 18.6 Å². The van der Waals surface area contributed by atoms with E-state index in [1.165, 1.54) is 36.1 Å². The highest BCUT2D eigenvalue weighted by molar-refractivity contribution is 7.98. The van der Waals surface area contributed by atoms with E-state index in [1.54, 1.807) is 23.1 Å². The molecule has 0 radical (unpaired) electrons. The van der Waals surface area contributed by atoms with Crippen LogP contribution in [0.25, 0.3) is 5.00 Å². The third kappa shape index (κ3) is 4.39. The Labute approximate surface area is 201 Å². The molecule has 0 bridgehead atoms. The van der Waals surface area contributed by atoms with Gasteiger partial charge >= 0.3 is 0 Å². The highest BCUT2D eigenvalue weighted by atomic mass is 32.2. The summed E-state index contributed by atoms with van der Waals surface area (Å²) in [7, 11) is 0. The fourth-order valence-corrected chi connectivity index (χ4v) is 7.80. The minimum Gasteiger partial charge on any atom is -0.352 e. The Morgan fingerprint density at radius 2 is 2.06 bits per heavy atom. The van der Waals surface area contributed by atoms with Crippen LogP contribution in [0, 0.1) is 0 Å². The number of thiophene rings is 1. The number of aromatic nitrogens is 4. The number of carbonyl (C=O) groups is 1. The van der Waals surface area contributed by atoms with Crippen LogP contribution in [0.4, 0.5) is 0 Å². The van der Waals surface area contributed by atoms with Gasteiger partial charge in [-0.3, -0.25) is 4.79 Å². The number of hydrogen-bond acceptors (Lipinski definition) is 6. The average molecular weight is 488 g/mol. The summed E-state index contributed by atoms with van der Waals surface area (Å²) >= 11 is 5.39. The second-order valence-electron chi connectivity index (χ2n) is 8.35. The van der Waals surface area contributed by atoms with Crippen LogP contribution in [-0.4, -0.2) is 43.8 Å². The highest BCUT2D eigenvalue weighted by Gasteiger charge is 2.26. The lowest BCUT2D eigenvalue weighted by atomic mass is 10.1. The number of amides is 1. The number of nitrogens with one attached hydrogen (secondary N) is 1. The van der Waals surface area contributed by atoms with E-state index in [4.69, 9.17) is 0 Å². The Balaban J connectivity index is 1.26. The maximum absolute atomic E-state index is 13.3. The number of hydrogen-bond donors (Lipinski definition) is 1. The summed E-state index contributed by atoms with van der Waals surface area (Å²) in [6.07, 6.45) is 13.8. The molecule has 9 heteroatoms. The molecule has 0 atom stereocenters. The van der Waals surface area contributed by atoms with Crippen LogP contribution in [0.15, 0.2) is 29.7 Å². The van der Waals surface area contributed by atoms with E-state index in [9.17, 15) is 4.79 Å². The fraction of sp³-hybridized carbons (Fsp3) is 0.522. The summed E-state index contributed by atoms with van der Waals surface area (Å²) in [5.41, 5.74) is 2.13. The first-order valence-electron chi connectivity index (χ1n) is 11.4. The van der Waals surface area contributed by atoms with Crippen molar-refractivity contribution in [1.82, 2.24) is 24.6 Å². The van der Waals surface area contributed by atoms with Crippen LogP contribution in [-0.2, 0) is 18.6 Å². The Bertz CT molecular complexity index is 1070. The van der Waals surface area contributed by atoms with Crippen molar-refractivity contribution in [3.8, 4) is 5.00 Å². The van der Waals surface area contributed by atoms with Crippen molar-refractivity contribution < 1.29 is 4.79 Å². The van der Waals surface area contributed by atoms with Gasteiger partial charge in [-0.15, -0.1) is 21.5 Å². The zero-order valence-electron chi connectivity index (χ0n) is 18.4. The van der Waals surface area contributed by atoms with Gasteiger partial charge in [0.25, 0.3) is 5.91 Å². The van der Waals surface area contributed by atoms with Crippen LogP contribution in [0.2, 0.25) is 0 Å². The Kier molecular flexibility index (Phi) is 6.94. The molecule has 0 spiro atoms. The van der Waals surface area contributed by atoms with Gasteiger partial charge in [-0.05, 0) is 55.4 Å². The molecule has 4 heterocycles. The van der Waals surface area contributed by atoms with Crippen LogP contribution < -0.4 is 5.32 Å². The Hall–Kier alpha value is -1.71. The standard InChI is InChI=1S/C23H29N5OS3/c1-30-23-26-25-19(28(23)16-7-2-3-8-16)9-6-11-24-21(29)20-17-10-14-31-15-18(17)32-22(20)27-12-4-5-13-27/h4-5,12-13,16H,2-3,6-11,14-15H2,1H3,(H,24,29). The summed E-state index contributed by atoms with van der Waals surface area (Å²) in [5, 5.41) is 14.2. The molecule has 1 aliphatic carbocycles. The molecule has 1 amide bonds. The number of carbonyl (C=O) groups excluding carboxylic acids is 1. The number of nitrogens with zero attached hydrogens (tertiary/aromatic N) is 4. The van der Waals surface area contributed by atoms with Crippen LogP contribution in [0.5, 0.6) is 0 Å². The molecule has 1 saturated carbocycles. The lowest BCUT2D eigenvalue weighted by Gasteiger charge is -2.16. The molecule has 0 aromatic carbocycles. The van der Waals surface area contributed by atoms with Gasteiger partial charge in [0.2, 0.25) is 0 Å². The SMILES string of the molecule is CSc1nnc(CCCNC(=O)c2c(-n3cccc3)sc3c2CCSC3)n1C1CCCC1. The summed E-state index contributed by atoms with van der Waals surface area (Å²) in [6.45, 7) is 0.648. The largest absolute Gasteiger partial charge is 0.352 e. The van der Waals surface area contributed by atoms with Gasteiger partial charge in [-0.2, -0.15) is 11.8 Å². The van der Waals surface area contributed by atoms with E-state index in [2.05, 4.69) is 30.9 Å². The molecule has 2 aliphatic rings. The monoisotopic (exact) mass is 487 g/mol. The molecule has 32 heavy (non-hydrogen) atoms. The van der Waals surface area contributed by atoms with Crippen molar-refractivity contribution in [2.24, 2.45) is 0 Å². The van der Waals surface area contributed by atoms with Gasteiger partial charge in [-0.1, -0.05) is 24.6 Å². The molecule has 6 nitrogen and oxygen atoms in total. The van der Waals surface area contributed by atoms with Crippen LogP contribution in [0.1, 0.15) is 64.8 Å². The topological polar surface area (TPSA) is 64.7 Å². The number of fused-ring (bicyclic) bond motifs is 1. The zero-order valence-corrected chi connectivity index (χ0v) is 20.8. The highest BCUT2D eigenvalue weighted by Crippen LogP contribution is 2.38. The van der Waals surface area contributed by atoms with Crippen molar-refractivity contribution in [1.29, 1.82) is 0 Å². The first-order chi connectivity index (χ1) is 15.8. The van der Waals surface area contributed by atoms with Gasteiger partial charge in [0, 0.05) is 42.0 Å². The van der Waals surface area contributed by atoms with E-state index >= 15 is 0 Å². The third-order valence-corrected chi connectivity index (χ3v) is 9.40. The van der Waals surface area contributed by atoms with Crippen LogP contribution >= 0.6 is 34.9 Å². The number of thioether (sulfide) groups is 2. The predicted octanol–water partition coefficient (Wildman–Crippen LogP) is 5.12. The summed E-state index contributed by atoms with van der Waals surface area (Å²) in [4.78, 5) is 14.6. The molecule has 5 rings (SSSR count). The molecule has 1 fully saturated rings. The quantitative estimate of drug-likeness (QED) is 0.353. The summed E-state index contributed by atoms with van der Waals surface area (Å²) < 4.78 is 4.44. The van der Waals surface area contributed by atoms with Crippen LogP contribution in [0.3, 0.4) is 0 Å². The molecule has 0 saturated heterocycles. The summed E-state index contributed by atoms with van der Waals surface area (Å²) in [6, 6.07) is 4.56. The molecule has 1 aliphatic heterocycles. The van der Waals surface area contributed by atoms with Gasteiger partial charge in [0.1, 0.15) is 10.8 Å². The first kappa shape index (κ1) is 22.1. The van der Waals surface area contributed by atoms with Crippen molar-refractivity contribution in [2.45, 2.75) is 61.9 Å². The van der Waals surface area contributed by atoms with Crippen molar-refractivity contribution >= 4 is 40.8 Å². The Morgan fingerprint density at radius 3 is 2.84 bits per heavy atom. The fourth-order valence-electron chi connectivity index (χ4n) is 4.79. The second kappa shape index (κ2) is 10.1. The van der Waals surface area contributed by atoms with E-state index in [-0.39, 0.29) is 5.91 Å². The molecule has 3 aromatic rings. The molecule has 1 N–H and O–H groups in total. The lowest BCUT2D eigenvalue weighted by Crippen LogP contribution is -2.27. The zero-order chi connectivity index (χ0) is 21.9. The smallest absolute Gasteiger partial charge is 0.254 e. The minimum absolute atomic E-state index is 0.0557. The minimum atomic E-state index is 0.0557. The first-order valence-corrected chi connectivity index (χ1v) is 14.6. The maximum atomic E-state index is 13.3. The molecular weight excluding hydrogens is 458 g/mol. The third-order valence-electron chi connectivity index (χ3n) is 6.34. The number of aryl methyl sites for hydroxylation is 1. The molecule has 170 valence electrons. The predicted molar refractivity (Wildman–Crippen MR) is 133 cm³/mol. The van der Waals surface area contributed by atoms with Crippen molar-refractivity contribution in [3.63, 3.8) is 0 Å². The number of rotatable bonds is 8. The van der Waals surface area contributed by atoms with Gasteiger partial charge < -0.3 is 14.5 Å². The Morgan fingerprint density at radius 1 is 1.25 bits per heavy atom. The molecule has 3 aromatic heterocycles. The van der Waals surface area contributed by atoms with E-state index in [0.29, 0.717) is 12.6 Å². The molecular formula is C23H29N5OS3. The van der Waals surface area contributed by atoms with Gasteiger partial charge in [-0.25, -0.2) is 0 Å². The normalized spacial score (nSPS) is 16.4. The van der Waals surface area contributed by atoms with E-state index in [0.717, 1.165) is 52.3 Å². The van der Waals surface area contributed by atoms with Crippen molar-refractivity contribution in [3.05, 3.63) is 46.4 Å². The molecule has 0 unspecified atom stereocenters. The van der Waals surface area contributed by atoms with Gasteiger partial charge in [0.15, 0.2) is 5.16 Å². The summed E-state index contributed by atoms with van der Waals surface area (Å²) in [5.74, 6) is 3.22. The average Bonchev–Trinajstić information content (AvgIpc) is 3.61.